The van der Waals surface area contributed by atoms with E-state index in [0.29, 0.717) is 16.3 Å². The van der Waals surface area contributed by atoms with Crippen LogP contribution < -0.4 is 10.2 Å². The molecule has 6 heteroatoms. The van der Waals surface area contributed by atoms with Gasteiger partial charge in [0, 0.05) is 18.5 Å². The molecule has 0 fully saturated rings. The van der Waals surface area contributed by atoms with E-state index in [1.807, 2.05) is 18.0 Å². The third-order valence-corrected chi connectivity index (χ3v) is 4.71. The van der Waals surface area contributed by atoms with Crippen LogP contribution in [0.2, 0.25) is 5.02 Å². The van der Waals surface area contributed by atoms with E-state index in [4.69, 9.17) is 11.6 Å². The quantitative estimate of drug-likeness (QED) is 0.880. The summed E-state index contributed by atoms with van der Waals surface area (Å²) in [6, 6.07) is 7.45. The number of hydrogen-bond acceptors (Lipinski definition) is 4. The van der Waals surface area contributed by atoms with Crippen molar-refractivity contribution in [3.05, 3.63) is 45.1 Å². The minimum atomic E-state index is -0.598. The second-order valence-corrected chi connectivity index (χ2v) is 6.32. The number of amides is 1. The monoisotopic (exact) mass is 320 g/mol. The number of carbonyl (C=O) groups is 2. The lowest BCUT2D eigenvalue weighted by molar-refractivity contribution is -0.112. The molecule has 2 aromatic rings. The highest BCUT2D eigenvalue weighted by molar-refractivity contribution is 7.09. The first-order valence-corrected chi connectivity index (χ1v) is 7.75. The van der Waals surface area contributed by atoms with Gasteiger partial charge in [-0.25, -0.2) is 0 Å². The zero-order valence-corrected chi connectivity index (χ0v) is 12.9. The summed E-state index contributed by atoms with van der Waals surface area (Å²) in [5, 5.41) is 5.10. The fourth-order valence-corrected chi connectivity index (χ4v) is 3.31. The predicted octanol–water partition coefficient (Wildman–Crippen LogP) is 3.22. The first-order valence-electron chi connectivity index (χ1n) is 6.49. The minimum Gasteiger partial charge on any atom is -0.373 e. The van der Waals surface area contributed by atoms with Crippen molar-refractivity contribution in [1.82, 2.24) is 0 Å². The van der Waals surface area contributed by atoms with Crippen molar-refractivity contribution in [3.63, 3.8) is 0 Å². The number of likely N-dealkylation sites (N-methyl/N-ethyl adjacent to an activating group) is 1. The van der Waals surface area contributed by atoms with Gasteiger partial charge in [-0.2, -0.15) is 0 Å². The van der Waals surface area contributed by atoms with Gasteiger partial charge in [-0.1, -0.05) is 17.7 Å². The summed E-state index contributed by atoms with van der Waals surface area (Å²) in [6.07, 6.45) is 0.923. The number of nitrogens with one attached hydrogen (secondary N) is 1. The van der Waals surface area contributed by atoms with Gasteiger partial charge in [-0.3, -0.25) is 9.59 Å². The zero-order chi connectivity index (χ0) is 15.0. The fourth-order valence-electron chi connectivity index (χ4n) is 2.30. The Hall–Kier alpha value is -1.85. The van der Waals surface area contributed by atoms with Crippen molar-refractivity contribution in [3.8, 4) is 0 Å². The summed E-state index contributed by atoms with van der Waals surface area (Å²) in [5.74, 6) is -1.13. The second-order valence-electron chi connectivity index (χ2n) is 4.88. The molecule has 0 atom stereocenters. The van der Waals surface area contributed by atoms with Crippen LogP contribution in [-0.4, -0.2) is 25.3 Å². The number of hydrogen-bond donors (Lipinski definition) is 1. The number of thiophene rings is 1. The third kappa shape index (κ3) is 2.66. The van der Waals surface area contributed by atoms with E-state index >= 15 is 0 Å². The standard InChI is InChI=1S/C15H13ClN2O2S/c1-18(5-4-9-3-2-6-21-9)13-8-12-10(7-11(13)16)14(19)15(20)17-12/h2-3,6-8H,4-5H2,1H3,(H,17,19,20). The topological polar surface area (TPSA) is 49.4 Å². The molecular formula is C15H13ClN2O2S. The number of rotatable bonds is 4. The lowest BCUT2D eigenvalue weighted by atomic mass is 10.1. The number of carbonyl (C=O) groups excluding carboxylic acids is 2. The minimum absolute atomic E-state index is 0.348. The van der Waals surface area contributed by atoms with Gasteiger partial charge in [-0.05, 0) is 30.0 Å². The smallest absolute Gasteiger partial charge is 0.296 e. The van der Waals surface area contributed by atoms with Gasteiger partial charge in [0.1, 0.15) is 0 Å². The maximum absolute atomic E-state index is 11.6. The summed E-state index contributed by atoms with van der Waals surface area (Å²) in [4.78, 5) is 26.3. The summed E-state index contributed by atoms with van der Waals surface area (Å²) < 4.78 is 0. The summed E-state index contributed by atoms with van der Waals surface area (Å²) in [5.41, 5.74) is 1.69. The van der Waals surface area contributed by atoms with Crippen LogP contribution in [0.5, 0.6) is 0 Å². The number of anilines is 2. The molecule has 0 unspecified atom stereocenters. The Labute approximate surface area is 131 Å². The van der Waals surface area contributed by atoms with E-state index in [1.54, 1.807) is 23.5 Å². The van der Waals surface area contributed by atoms with E-state index < -0.39 is 11.7 Å². The molecule has 1 aliphatic rings. The number of ketones is 1. The number of benzene rings is 1. The van der Waals surface area contributed by atoms with E-state index in [2.05, 4.69) is 16.8 Å². The first-order chi connectivity index (χ1) is 10.1. The molecule has 0 saturated heterocycles. The van der Waals surface area contributed by atoms with Crippen LogP contribution in [0.25, 0.3) is 0 Å². The van der Waals surface area contributed by atoms with Crippen molar-refractivity contribution in [2.45, 2.75) is 6.42 Å². The predicted molar refractivity (Wildman–Crippen MR) is 85.7 cm³/mol. The van der Waals surface area contributed by atoms with E-state index in [9.17, 15) is 9.59 Å². The van der Waals surface area contributed by atoms with Crippen LogP contribution in [0.15, 0.2) is 29.6 Å². The largest absolute Gasteiger partial charge is 0.373 e. The Kier molecular flexibility index (Phi) is 3.69. The van der Waals surface area contributed by atoms with Gasteiger partial charge >= 0.3 is 0 Å². The lowest BCUT2D eigenvalue weighted by Gasteiger charge is -2.21. The summed E-state index contributed by atoms with van der Waals surface area (Å²) in [6.45, 7) is 0.806. The van der Waals surface area contributed by atoms with Crippen molar-refractivity contribution >= 4 is 46.0 Å². The molecule has 108 valence electrons. The fraction of sp³-hybridized carbons (Fsp3) is 0.200. The van der Waals surface area contributed by atoms with Crippen LogP contribution in [0.1, 0.15) is 15.2 Å². The van der Waals surface area contributed by atoms with Crippen molar-refractivity contribution in [2.75, 3.05) is 23.8 Å². The molecule has 1 N–H and O–H groups in total. The average molecular weight is 321 g/mol. The molecule has 1 amide bonds. The van der Waals surface area contributed by atoms with Crippen molar-refractivity contribution in [2.24, 2.45) is 0 Å². The molecule has 21 heavy (non-hydrogen) atoms. The van der Waals surface area contributed by atoms with Crippen LogP contribution in [-0.2, 0) is 11.2 Å². The molecule has 0 aliphatic carbocycles. The van der Waals surface area contributed by atoms with Crippen LogP contribution in [0, 0.1) is 0 Å². The van der Waals surface area contributed by atoms with Crippen LogP contribution in [0.4, 0.5) is 11.4 Å². The van der Waals surface area contributed by atoms with Gasteiger partial charge < -0.3 is 10.2 Å². The molecular weight excluding hydrogens is 308 g/mol. The molecule has 1 aliphatic heterocycles. The summed E-state index contributed by atoms with van der Waals surface area (Å²) in [7, 11) is 1.94. The Morgan fingerprint density at radius 2 is 2.14 bits per heavy atom. The van der Waals surface area contributed by atoms with E-state index in [1.165, 1.54) is 4.88 Å². The molecule has 2 heterocycles. The lowest BCUT2D eigenvalue weighted by Crippen LogP contribution is -2.20. The second kappa shape index (κ2) is 5.50. The highest BCUT2D eigenvalue weighted by atomic mass is 35.5. The number of fused-ring (bicyclic) bond motifs is 1. The zero-order valence-electron chi connectivity index (χ0n) is 11.4. The third-order valence-electron chi connectivity index (χ3n) is 3.47. The van der Waals surface area contributed by atoms with Gasteiger partial charge in [0.05, 0.1) is 22.0 Å². The molecule has 4 nitrogen and oxygen atoms in total. The molecule has 0 bridgehead atoms. The molecule has 0 saturated carbocycles. The van der Waals surface area contributed by atoms with Gasteiger partial charge in [0.25, 0.3) is 11.7 Å². The first kappa shape index (κ1) is 14.1. The van der Waals surface area contributed by atoms with Gasteiger partial charge in [-0.15, -0.1) is 11.3 Å². The SMILES string of the molecule is CN(CCc1cccs1)c1cc2c(cc1Cl)C(=O)C(=O)N2. The molecule has 1 aromatic heterocycles. The molecule has 0 spiro atoms. The van der Waals surface area contributed by atoms with Gasteiger partial charge in [0.15, 0.2) is 0 Å². The Morgan fingerprint density at radius 3 is 2.86 bits per heavy atom. The van der Waals surface area contributed by atoms with E-state index in [-0.39, 0.29) is 0 Å². The number of halogens is 1. The van der Waals surface area contributed by atoms with Crippen LogP contribution in [0.3, 0.4) is 0 Å². The molecule has 0 radical (unpaired) electrons. The average Bonchev–Trinajstić information content (AvgIpc) is 3.06. The summed E-state index contributed by atoms with van der Waals surface area (Å²) >= 11 is 7.97. The Bertz CT molecular complexity index is 713. The molecule has 1 aromatic carbocycles. The Morgan fingerprint density at radius 1 is 1.33 bits per heavy atom. The highest BCUT2D eigenvalue weighted by Crippen LogP contribution is 2.34. The Balaban J connectivity index is 1.81. The molecule has 3 rings (SSSR count). The highest BCUT2D eigenvalue weighted by Gasteiger charge is 2.29. The maximum atomic E-state index is 11.6. The normalized spacial score (nSPS) is 13.2. The van der Waals surface area contributed by atoms with Crippen molar-refractivity contribution in [1.29, 1.82) is 0 Å². The maximum Gasteiger partial charge on any atom is 0.296 e. The van der Waals surface area contributed by atoms with Crippen LogP contribution >= 0.6 is 22.9 Å². The number of Topliss-reactive ketones (excluding diaryl/α,β-unsaturated/α-hetero) is 1. The van der Waals surface area contributed by atoms with Gasteiger partial charge in [0.2, 0.25) is 0 Å². The van der Waals surface area contributed by atoms with E-state index in [0.717, 1.165) is 18.7 Å². The van der Waals surface area contributed by atoms with Crippen molar-refractivity contribution < 1.29 is 9.59 Å². The number of nitrogens with zero attached hydrogens (tertiary/aromatic N) is 1.